The maximum atomic E-state index is 12.3. The van der Waals surface area contributed by atoms with Crippen LogP contribution in [-0.2, 0) is 9.84 Å². The predicted molar refractivity (Wildman–Crippen MR) is 66.4 cm³/mol. The van der Waals surface area contributed by atoms with E-state index in [-0.39, 0.29) is 10.6 Å². The molecule has 1 aromatic carbocycles. The summed E-state index contributed by atoms with van der Waals surface area (Å²) < 4.78 is 33.2. The maximum Gasteiger partial charge on any atom is 0.200 e. The number of nitrogens with zero attached hydrogens (tertiary/aromatic N) is 1. The average Bonchev–Trinajstić information content (AvgIpc) is 2.37. The normalized spacial score (nSPS) is 11.7. The minimum Gasteiger partial charge on any atom is -0.497 e. The second kappa shape index (κ2) is 4.86. The fourth-order valence-electron chi connectivity index (χ4n) is 1.33. The topological polar surface area (TPSA) is 76.4 Å². The molecule has 98 valence electrons. The van der Waals surface area contributed by atoms with Crippen molar-refractivity contribution in [3.8, 4) is 17.6 Å². The van der Waals surface area contributed by atoms with Gasteiger partial charge in [-0.25, -0.2) is 8.42 Å². The Balaban J connectivity index is 3.48. The van der Waals surface area contributed by atoms with Gasteiger partial charge < -0.3 is 9.47 Å². The van der Waals surface area contributed by atoms with Crippen molar-refractivity contribution in [1.29, 1.82) is 5.26 Å². The number of sulfone groups is 1. The highest BCUT2D eigenvalue weighted by Gasteiger charge is 2.38. The number of nitriles is 1. The Morgan fingerprint density at radius 3 is 2.28 bits per heavy atom. The first-order valence-electron chi connectivity index (χ1n) is 5.18. The number of hydrogen-bond donors (Lipinski definition) is 0. The van der Waals surface area contributed by atoms with Crippen molar-refractivity contribution in [2.45, 2.75) is 23.5 Å². The fourth-order valence-corrected chi connectivity index (χ4v) is 2.66. The van der Waals surface area contributed by atoms with Crippen LogP contribution in [-0.4, -0.2) is 27.4 Å². The summed E-state index contributed by atoms with van der Waals surface area (Å²) >= 11 is 0. The lowest BCUT2D eigenvalue weighted by Crippen LogP contribution is -2.30. The SMILES string of the molecule is COc1ccc(S(=O)(=O)C(C)(C)C#N)c(OC)c1. The number of hydrogen-bond acceptors (Lipinski definition) is 5. The fraction of sp³-hybridized carbons (Fsp3) is 0.417. The molecule has 0 atom stereocenters. The van der Waals surface area contributed by atoms with Crippen LogP contribution in [0.4, 0.5) is 0 Å². The van der Waals surface area contributed by atoms with Gasteiger partial charge in [-0.1, -0.05) is 0 Å². The second-order valence-corrected chi connectivity index (χ2v) is 6.61. The van der Waals surface area contributed by atoms with Crippen LogP contribution in [0.25, 0.3) is 0 Å². The number of ether oxygens (including phenoxy) is 2. The Hall–Kier alpha value is -1.74. The Morgan fingerprint density at radius 2 is 1.83 bits per heavy atom. The van der Waals surface area contributed by atoms with Crippen LogP contribution >= 0.6 is 0 Å². The molecule has 0 amide bonds. The molecule has 0 spiro atoms. The lowest BCUT2D eigenvalue weighted by molar-refractivity contribution is 0.386. The Kier molecular flexibility index (Phi) is 3.87. The van der Waals surface area contributed by atoms with Crippen molar-refractivity contribution >= 4 is 9.84 Å². The highest BCUT2D eigenvalue weighted by atomic mass is 32.2. The molecule has 6 heteroatoms. The van der Waals surface area contributed by atoms with Gasteiger partial charge in [0, 0.05) is 6.07 Å². The van der Waals surface area contributed by atoms with Crippen molar-refractivity contribution in [2.75, 3.05) is 14.2 Å². The molecular weight excluding hydrogens is 254 g/mol. The third-order valence-corrected chi connectivity index (χ3v) is 4.95. The van der Waals surface area contributed by atoms with Crippen LogP contribution in [0, 0.1) is 11.3 Å². The van der Waals surface area contributed by atoms with Gasteiger partial charge in [0.1, 0.15) is 16.4 Å². The van der Waals surface area contributed by atoms with Crippen molar-refractivity contribution < 1.29 is 17.9 Å². The van der Waals surface area contributed by atoms with E-state index >= 15 is 0 Å². The second-order valence-electron chi connectivity index (χ2n) is 4.14. The number of benzene rings is 1. The van der Waals surface area contributed by atoms with E-state index in [4.69, 9.17) is 14.7 Å². The van der Waals surface area contributed by atoms with Crippen LogP contribution in [0.1, 0.15) is 13.8 Å². The van der Waals surface area contributed by atoms with Crippen LogP contribution in [0.15, 0.2) is 23.1 Å². The first kappa shape index (κ1) is 14.3. The van der Waals surface area contributed by atoms with E-state index in [0.717, 1.165) is 0 Å². The van der Waals surface area contributed by atoms with Gasteiger partial charge in [0.25, 0.3) is 0 Å². The molecule has 1 rings (SSSR count). The molecule has 0 aliphatic rings. The summed E-state index contributed by atoms with van der Waals surface area (Å²) in [6, 6.07) is 6.16. The van der Waals surface area contributed by atoms with Gasteiger partial charge in [0.05, 0.1) is 20.3 Å². The van der Waals surface area contributed by atoms with Crippen LogP contribution in [0.5, 0.6) is 11.5 Å². The van der Waals surface area contributed by atoms with Crippen molar-refractivity contribution in [3.63, 3.8) is 0 Å². The van der Waals surface area contributed by atoms with E-state index in [1.807, 2.05) is 0 Å². The monoisotopic (exact) mass is 269 g/mol. The third kappa shape index (κ3) is 2.27. The maximum absolute atomic E-state index is 12.3. The molecule has 0 bridgehead atoms. The summed E-state index contributed by atoms with van der Waals surface area (Å²) in [5.41, 5.74) is 0. The van der Waals surface area contributed by atoms with E-state index in [1.165, 1.54) is 46.3 Å². The Bertz CT molecular complexity index is 585. The zero-order valence-electron chi connectivity index (χ0n) is 10.7. The highest BCUT2D eigenvalue weighted by Crippen LogP contribution is 2.34. The van der Waals surface area contributed by atoms with E-state index < -0.39 is 14.6 Å². The first-order valence-corrected chi connectivity index (χ1v) is 6.66. The van der Waals surface area contributed by atoms with Gasteiger partial charge in [-0.05, 0) is 26.0 Å². The molecule has 18 heavy (non-hydrogen) atoms. The van der Waals surface area contributed by atoms with E-state index in [0.29, 0.717) is 5.75 Å². The first-order chi connectivity index (χ1) is 8.30. The van der Waals surface area contributed by atoms with E-state index in [9.17, 15) is 8.42 Å². The van der Waals surface area contributed by atoms with Gasteiger partial charge in [0.2, 0.25) is 9.84 Å². The molecule has 0 unspecified atom stereocenters. The Morgan fingerprint density at radius 1 is 1.22 bits per heavy atom. The van der Waals surface area contributed by atoms with Crippen LogP contribution < -0.4 is 9.47 Å². The largest absolute Gasteiger partial charge is 0.497 e. The molecule has 0 aromatic heterocycles. The summed E-state index contributed by atoms with van der Waals surface area (Å²) in [4.78, 5) is -0.0163. The quantitative estimate of drug-likeness (QED) is 0.832. The third-order valence-electron chi connectivity index (χ3n) is 2.60. The molecule has 0 aliphatic carbocycles. The summed E-state index contributed by atoms with van der Waals surface area (Å²) in [7, 11) is -0.955. The summed E-state index contributed by atoms with van der Waals surface area (Å²) in [5, 5.41) is 8.96. The van der Waals surface area contributed by atoms with Crippen molar-refractivity contribution in [3.05, 3.63) is 18.2 Å². The summed E-state index contributed by atoms with van der Waals surface area (Å²) in [6.45, 7) is 2.71. The standard InChI is InChI=1S/C12H15NO4S/c1-12(2,8-13)18(14,15)11-6-5-9(16-3)7-10(11)17-4/h5-7H,1-4H3. The van der Waals surface area contributed by atoms with Gasteiger partial charge in [-0.2, -0.15) is 5.26 Å². The van der Waals surface area contributed by atoms with Gasteiger partial charge in [-0.15, -0.1) is 0 Å². The minimum absolute atomic E-state index is 0.0163. The lowest BCUT2D eigenvalue weighted by Gasteiger charge is -2.18. The van der Waals surface area contributed by atoms with Crippen LogP contribution in [0.2, 0.25) is 0 Å². The molecule has 0 fully saturated rings. The van der Waals surface area contributed by atoms with Gasteiger partial charge in [0.15, 0.2) is 4.75 Å². The zero-order chi connectivity index (χ0) is 14.0. The molecule has 0 radical (unpaired) electrons. The van der Waals surface area contributed by atoms with Gasteiger partial charge >= 0.3 is 0 Å². The molecular formula is C12H15NO4S. The smallest absolute Gasteiger partial charge is 0.200 e. The summed E-state index contributed by atoms with van der Waals surface area (Å²) in [5.74, 6) is 0.651. The molecule has 5 nitrogen and oxygen atoms in total. The molecule has 0 N–H and O–H groups in total. The number of methoxy groups -OCH3 is 2. The lowest BCUT2D eigenvalue weighted by atomic mass is 10.2. The summed E-state index contributed by atoms with van der Waals surface area (Å²) in [6.07, 6.45) is 0. The zero-order valence-corrected chi connectivity index (χ0v) is 11.5. The van der Waals surface area contributed by atoms with Crippen molar-refractivity contribution in [1.82, 2.24) is 0 Å². The molecule has 0 heterocycles. The molecule has 0 saturated carbocycles. The van der Waals surface area contributed by atoms with E-state index in [1.54, 1.807) is 6.07 Å². The van der Waals surface area contributed by atoms with E-state index in [2.05, 4.69) is 0 Å². The van der Waals surface area contributed by atoms with Crippen LogP contribution in [0.3, 0.4) is 0 Å². The van der Waals surface area contributed by atoms with Gasteiger partial charge in [-0.3, -0.25) is 0 Å². The molecule has 0 saturated heterocycles. The number of rotatable bonds is 4. The van der Waals surface area contributed by atoms with Crippen molar-refractivity contribution in [2.24, 2.45) is 0 Å². The minimum atomic E-state index is -3.80. The molecule has 0 aliphatic heterocycles. The highest BCUT2D eigenvalue weighted by molar-refractivity contribution is 7.93. The Labute approximate surface area is 107 Å². The predicted octanol–water partition coefficient (Wildman–Crippen LogP) is 1.78. The molecule has 1 aromatic rings. The average molecular weight is 269 g/mol.